The van der Waals surface area contributed by atoms with Crippen LogP contribution in [0.2, 0.25) is 10.0 Å². The summed E-state index contributed by atoms with van der Waals surface area (Å²) in [6, 6.07) is 5.50. The number of hydrogen-bond donors (Lipinski definition) is 1. The lowest BCUT2D eigenvalue weighted by Crippen LogP contribution is -2.37. The zero-order chi connectivity index (χ0) is 11.5. The van der Waals surface area contributed by atoms with E-state index in [1.165, 1.54) is 0 Å². The number of aliphatic hydroxyl groups is 1. The van der Waals surface area contributed by atoms with Gasteiger partial charge in [0, 0.05) is 23.1 Å². The van der Waals surface area contributed by atoms with Gasteiger partial charge in [0.05, 0.1) is 6.10 Å². The Bertz CT molecular complexity index is 370. The lowest BCUT2D eigenvalue weighted by atomic mass is 10.1. The second-order valence-electron chi connectivity index (χ2n) is 4.27. The van der Waals surface area contributed by atoms with E-state index in [0.717, 1.165) is 43.1 Å². The molecular formula is C12H15Cl2NO. The third kappa shape index (κ3) is 3.11. The molecule has 0 aromatic heterocycles. The van der Waals surface area contributed by atoms with Crippen molar-refractivity contribution in [3.63, 3.8) is 0 Å². The SMILES string of the molecule is O[C@@H]1CCCN(Cc2cc(Cl)ccc2Cl)C1. The van der Waals surface area contributed by atoms with Gasteiger partial charge in [-0.25, -0.2) is 0 Å². The third-order valence-corrected chi connectivity index (χ3v) is 3.49. The summed E-state index contributed by atoms with van der Waals surface area (Å²) in [5.74, 6) is 0. The molecule has 1 aromatic carbocycles. The minimum absolute atomic E-state index is 0.202. The van der Waals surface area contributed by atoms with E-state index in [9.17, 15) is 5.11 Å². The molecule has 4 heteroatoms. The number of halogens is 2. The Balaban J connectivity index is 2.05. The van der Waals surface area contributed by atoms with Crippen LogP contribution < -0.4 is 0 Å². The molecule has 0 unspecified atom stereocenters. The summed E-state index contributed by atoms with van der Waals surface area (Å²) in [6.07, 6.45) is 1.74. The van der Waals surface area contributed by atoms with Crippen molar-refractivity contribution in [2.45, 2.75) is 25.5 Å². The molecule has 1 aromatic rings. The summed E-state index contributed by atoms with van der Waals surface area (Å²) in [7, 11) is 0. The molecule has 0 bridgehead atoms. The van der Waals surface area contributed by atoms with Crippen LogP contribution in [0.15, 0.2) is 18.2 Å². The number of nitrogens with zero attached hydrogens (tertiary/aromatic N) is 1. The Labute approximate surface area is 106 Å². The van der Waals surface area contributed by atoms with Gasteiger partial charge in [-0.1, -0.05) is 23.2 Å². The van der Waals surface area contributed by atoms with Gasteiger partial charge in [0.15, 0.2) is 0 Å². The lowest BCUT2D eigenvalue weighted by molar-refractivity contribution is 0.0668. The molecule has 0 spiro atoms. The summed E-state index contributed by atoms with van der Waals surface area (Å²) in [6.45, 7) is 2.50. The van der Waals surface area contributed by atoms with Crippen LogP contribution >= 0.6 is 23.2 Å². The fourth-order valence-corrected chi connectivity index (χ4v) is 2.45. The molecule has 0 aliphatic carbocycles. The molecule has 1 aliphatic heterocycles. The monoisotopic (exact) mass is 259 g/mol. The van der Waals surface area contributed by atoms with Crippen molar-refractivity contribution in [1.29, 1.82) is 0 Å². The van der Waals surface area contributed by atoms with E-state index in [0.29, 0.717) is 5.02 Å². The fourth-order valence-electron chi connectivity index (χ4n) is 2.08. The third-order valence-electron chi connectivity index (χ3n) is 2.88. The van der Waals surface area contributed by atoms with E-state index < -0.39 is 0 Å². The molecule has 16 heavy (non-hydrogen) atoms. The van der Waals surface area contributed by atoms with Crippen molar-refractivity contribution in [2.24, 2.45) is 0 Å². The van der Waals surface area contributed by atoms with Crippen molar-refractivity contribution in [2.75, 3.05) is 13.1 Å². The van der Waals surface area contributed by atoms with Gasteiger partial charge < -0.3 is 5.11 Å². The summed E-state index contributed by atoms with van der Waals surface area (Å²) in [5, 5.41) is 11.0. The number of β-amino-alcohol motifs (C(OH)–C–C–N with tert-alkyl or cyclic N) is 1. The minimum Gasteiger partial charge on any atom is -0.392 e. The number of likely N-dealkylation sites (tertiary alicyclic amines) is 1. The molecule has 1 aliphatic rings. The summed E-state index contributed by atoms with van der Waals surface area (Å²) >= 11 is 12.0. The topological polar surface area (TPSA) is 23.5 Å². The maximum atomic E-state index is 9.58. The second-order valence-corrected chi connectivity index (χ2v) is 5.11. The normalized spacial score (nSPS) is 22.3. The molecule has 2 nitrogen and oxygen atoms in total. The van der Waals surface area contributed by atoms with Crippen LogP contribution in [0.25, 0.3) is 0 Å². The zero-order valence-corrected chi connectivity index (χ0v) is 10.5. The van der Waals surface area contributed by atoms with Gasteiger partial charge in [0.2, 0.25) is 0 Å². The average Bonchev–Trinajstić information content (AvgIpc) is 2.24. The van der Waals surface area contributed by atoms with Crippen molar-refractivity contribution in [3.8, 4) is 0 Å². The first-order chi connectivity index (χ1) is 7.65. The maximum absolute atomic E-state index is 9.58. The molecule has 1 heterocycles. The minimum atomic E-state index is -0.202. The van der Waals surface area contributed by atoms with E-state index in [1.807, 2.05) is 12.1 Å². The van der Waals surface area contributed by atoms with Crippen molar-refractivity contribution >= 4 is 23.2 Å². The number of rotatable bonds is 2. The molecule has 0 amide bonds. The van der Waals surface area contributed by atoms with Crippen LogP contribution in [0.4, 0.5) is 0 Å². The Hall–Kier alpha value is -0.280. The summed E-state index contributed by atoms with van der Waals surface area (Å²) < 4.78 is 0. The quantitative estimate of drug-likeness (QED) is 0.883. The highest BCUT2D eigenvalue weighted by Gasteiger charge is 2.18. The van der Waals surface area contributed by atoms with E-state index >= 15 is 0 Å². The number of benzene rings is 1. The molecular weight excluding hydrogens is 245 g/mol. The second kappa shape index (κ2) is 5.37. The molecule has 88 valence electrons. The highest BCUT2D eigenvalue weighted by Crippen LogP contribution is 2.23. The Morgan fingerprint density at radius 2 is 2.19 bits per heavy atom. The molecule has 1 atom stereocenters. The van der Waals surface area contributed by atoms with E-state index in [2.05, 4.69) is 4.90 Å². The average molecular weight is 260 g/mol. The molecule has 0 radical (unpaired) electrons. The van der Waals surface area contributed by atoms with Gasteiger partial charge >= 0.3 is 0 Å². The van der Waals surface area contributed by atoms with Gasteiger partial charge in [-0.3, -0.25) is 4.90 Å². The van der Waals surface area contributed by atoms with Gasteiger partial charge in [0.1, 0.15) is 0 Å². The van der Waals surface area contributed by atoms with Crippen molar-refractivity contribution in [1.82, 2.24) is 4.90 Å². The standard InChI is InChI=1S/C12H15Cl2NO/c13-10-3-4-12(14)9(6-10)7-15-5-1-2-11(16)8-15/h3-4,6,11,16H,1-2,5,7-8H2/t11-/m1/s1. The molecule has 1 fully saturated rings. The van der Waals surface area contributed by atoms with Crippen LogP contribution in [0, 0.1) is 0 Å². The molecule has 2 rings (SSSR count). The van der Waals surface area contributed by atoms with Gasteiger partial charge in [-0.05, 0) is 43.1 Å². The largest absolute Gasteiger partial charge is 0.392 e. The maximum Gasteiger partial charge on any atom is 0.0667 e. The predicted molar refractivity (Wildman–Crippen MR) is 67.0 cm³/mol. The molecule has 0 saturated carbocycles. The summed E-state index contributed by atoms with van der Waals surface area (Å²) in [5.41, 5.74) is 1.03. The first-order valence-corrected chi connectivity index (χ1v) is 6.25. The zero-order valence-electron chi connectivity index (χ0n) is 9.00. The van der Waals surface area contributed by atoms with Crippen LogP contribution in [0.3, 0.4) is 0 Å². The number of piperidine rings is 1. The van der Waals surface area contributed by atoms with Crippen LogP contribution in [-0.4, -0.2) is 29.2 Å². The highest BCUT2D eigenvalue weighted by atomic mass is 35.5. The van der Waals surface area contributed by atoms with Gasteiger partial charge in [-0.2, -0.15) is 0 Å². The summed E-state index contributed by atoms with van der Waals surface area (Å²) in [4.78, 5) is 2.21. The predicted octanol–water partition coefficient (Wildman–Crippen LogP) is 2.95. The van der Waals surface area contributed by atoms with E-state index in [4.69, 9.17) is 23.2 Å². The highest BCUT2D eigenvalue weighted by molar-refractivity contribution is 6.33. The van der Waals surface area contributed by atoms with Gasteiger partial charge in [0.25, 0.3) is 0 Å². The Morgan fingerprint density at radius 1 is 1.38 bits per heavy atom. The number of aliphatic hydroxyl groups excluding tert-OH is 1. The molecule has 1 N–H and O–H groups in total. The van der Waals surface area contributed by atoms with Crippen LogP contribution in [0.1, 0.15) is 18.4 Å². The number of hydrogen-bond acceptors (Lipinski definition) is 2. The smallest absolute Gasteiger partial charge is 0.0667 e. The van der Waals surface area contributed by atoms with Crippen molar-refractivity contribution < 1.29 is 5.11 Å². The van der Waals surface area contributed by atoms with E-state index in [-0.39, 0.29) is 6.10 Å². The Morgan fingerprint density at radius 3 is 2.94 bits per heavy atom. The van der Waals surface area contributed by atoms with Crippen molar-refractivity contribution in [3.05, 3.63) is 33.8 Å². The van der Waals surface area contributed by atoms with Crippen LogP contribution in [0.5, 0.6) is 0 Å². The Kier molecular flexibility index (Phi) is 4.09. The first-order valence-electron chi connectivity index (χ1n) is 5.49. The van der Waals surface area contributed by atoms with E-state index in [1.54, 1.807) is 6.07 Å². The van der Waals surface area contributed by atoms with Gasteiger partial charge in [-0.15, -0.1) is 0 Å². The lowest BCUT2D eigenvalue weighted by Gasteiger charge is -2.30. The fraction of sp³-hybridized carbons (Fsp3) is 0.500. The first kappa shape index (κ1) is 12.2. The van der Waals surface area contributed by atoms with Crippen LogP contribution in [-0.2, 0) is 6.54 Å². The molecule has 1 saturated heterocycles.